The van der Waals surface area contributed by atoms with E-state index in [4.69, 9.17) is 4.98 Å². The molecule has 0 saturated carbocycles. The summed E-state index contributed by atoms with van der Waals surface area (Å²) >= 11 is 1.65. The van der Waals surface area contributed by atoms with E-state index >= 15 is 0 Å². The predicted octanol–water partition coefficient (Wildman–Crippen LogP) is 5.31. The number of hydrogen-bond acceptors (Lipinski definition) is 5. The highest BCUT2D eigenvalue weighted by Crippen LogP contribution is 2.30. The number of rotatable bonds is 9. The van der Waals surface area contributed by atoms with Gasteiger partial charge in [0.2, 0.25) is 0 Å². The Hall–Kier alpha value is -2.15. The van der Waals surface area contributed by atoms with Gasteiger partial charge < -0.3 is 15.1 Å². The van der Waals surface area contributed by atoms with Crippen molar-refractivity contribution < 1.29 is 4.79 Å². The molecule has 0 aliphatic heterocycles. The Bertz CT molecular complexity index is 955. The lowest BCUT2D eigenvalue weighted by Gasteiger charge is -2.18. The number of unbranched alkanes of at least 4 members (excludes halogenated alkanes) is 1. The summed E-state index contributed by atoms with van der Waals surface area (Å²) in [6.45, 7) is 4.09. The van der Waals surface area contributed by atoms with Crippen molar-refractivity contribution in [3.05, 3.63) is 53.6 Å². The molecule has 1 amide bonds. The average Bonchev–Trinajstić information content (AvgIpc) is 3.14. The zero-order chi connectivity index (χ0) is 20.8. The first-order chi connectivity index (χ1) is 14.0. The van der Waals surface area contributed by atoms with Gasteiger partial charge in [-0.25, -0.2) is 4.98 Å². The summed E-state index contributed by atoms with van der Waals surface area (Å²) in [7, 11) is 6.20. The number of hydrogen-bond donors (Lipinski definition) is 1. The van der Waals surface area contributed by atoms with Crippen LogP contribution in [0.4, 0.5) is 10.8 Å². The second-order valence-electron chi connectivity index (χ2n) is 7.66. The van der Waals surface area contributed by atoms with Crippen molar-refractivity contribution >= 4 is 50.7 Å². The Labute approximate surface area is 189 Å². The van der Waals surface area contributed by atoms with E-state index in [9.17, 15) is 4.79 Å². The molecule has 7 heteroatoms. The number of benzene rings is 2. The van der Waals surface area contributed by atoms with E-state index in [0.29, 0.717) is 5.56 Å². The van der Waals surface area contributed by atoms with Crippen LogP contribution in [-0.2, 0) is 6.42 Å². The second-order valence-corrected chi connectivity index (χ2v) is 8.67. The number of carbonyl (C=O) groups is 1. The van der Waals surface area contributed by atoms with Crippen LogP contribution < -0.4 is 10.2 Å². The third kappa shape index (κ3) is 6.42. The summed E-state index contributed by atoms with van der Waals surface area (Å²) in [5, 5.41) is 4.00. The van der Waals surface area contributed by atoms with E-state index in [0.717, 1.165) is 40.5 Å². The maximum absolute atomic E-state index is 12.6. The van der Waals surface area contributed by atoms with Crippen LogP contribution >= 0.6 is 23.7 Å². The molecule has 0 saturated heterocycles. The van der Waals surface area contributed by atoms with Gasteiger partial charge in [0.25, 0.3) is 5.91 Å². The van der Waals surface area contributed by atoms with Gasteiger partial charge in [-0.2, -0.15) is 0 Å². The predicted molar refractivity (Wildman–Crippen MR) is 132 cm³/mol. The van der Waals surface area contributed by atoms with Crippen molar-refractivity contribution in [3.8, 4) is 0 Å². The minimum atomic E-state index is -0.0840. The summed E-state index contributed by atoms with van der Waals surface area (Å²) in [4.78, 5) is 21.6. The number of aromatic nitrogens is 1. The minimum absolute atomic E-state index is 0. The molecular formula is C23H31ClN4OS. The summed E-state index contributed by atoms with van der Waals surface area (Å²) in [6, 6.07) is 13.8. The van der Waals surface area contributed by atoms with Crippen LogP contribution in [0, 0.1) is 0 Å². The van der Waals surface area contributed by atoms with Crippen LogP contribution in [0.5, 0.6) is 0 Å². The number of anilines is 2. The molecule has 162 valence electrons. The Kier molecular flexibility index (Phi) is 9.08. The molecule has 3 aromatic rings. The Morgan fingerprint density at radius 1 is 1.07 bits per heavy atom. The molecule has 0 fully saturated rings. The van der Waals surface area contributed by atoms with Gasteiger partial charge >= 0.3 is 0 Å². The maximum Gasteiger partial charge on any atom is 0.255 e. The SMILES string of the molecule is CCCCc1ccc(C(=O)Nc2ccc3nc(N(C)CCN(C)C)sc3c2)cc1.Cl. The smallest absolute Gasteiger partial charge is 0.255 e. The number of likely N-dealkylation sites (N-methyl/N-ethyl adjacent to an activating group) is 2. The van der Waals surface area contributed by atoms with Crippen molar-refractivity contribution in [1.82, 2.24) is 9.88 Å². The van der Waals surface area contributed by atoms with E-state index in [1.54, 1.807) is 11.3 Å². The zero-order valence-corrected chi connectivity index (χ0v) is 19.8. The van der Waals surface area contributed by atoms with Gasteiger partial charge in [0.05, 0.1) is 10.2 Å². The molecule has 0 spiro atoms. The van der Waals surface area contributed by atoms with E-state index in [1.807, 2.05) is 42.5 Å². The van der Waals surface area contributed by atoms with Crippen molar-refractivity contribution in [2.45, 2.75) is 26.2 Å². The second kappa shape index (κ2) is 11.3. The number of halogens is 1. The molecule has 0 radical (unpaired) electrons. The molecule has 2 aromatic carbocycles. The van der Waals surface area contributed by atoms with Crippen molar-refractivity contribution in [1.29, 1.82) is 0 Å². The summed E-state index contributed by atoms with van der Waals surface area (Å²) in [6.07, 6.45) is 3.41. The monoisotopic (exact) mass is 446 g/mol. The van der Waals surface area contributed by atoms with Crippen molar-refractivity contribution in [2.24, 2.45) is 0 Å². The lowest BCUT2D eigenvalue weighted by molar-refractivity contribution is 0.102. The van der Waals surface area contributed by atoms with Gasteiger partial charge in [0, 0.05) is 31.4 Å². The van der Waals surface area contributed by atoms with Crippen LogP contribution in [0.1, 0.15) is 35.7 Å². The first kappa shape index (κ1) is 24.1. The molecule has 1 N–H and O–H groups in total. The first-order valence-electron chi connectivity index (χ1n) is 10.1. The topological polar surface area (TPSA) is 48.5 Å². The van der Waals surface area contributed by atoms with Crippen LogP contribution in [-0.4, -0.2) is 50.0 Å². The zero-order valence-electron chi connectivity index (χ0n) is 18.1. The number of nitrogens with one attached hydrogen (secondary N) is 1. The number of amides is 1. The molecule has 0 aliphatic carbocycles. The van der Waals surface area contributed by atoms with Gasteiger partial charge in [-0.05, 0) is 62.8 Å². The highest BCUT2D eigenvalue weighted by atomic mass is 35.5. The Morgan fingerprint density at radius 2 is 1.80 bits per heavy atom. The van der Waals surface area contributed by atoms with E-state index in [2.05, 4.69) is 43.2 Å². The van der Waals surface area contributed by atoms with Gasteiger partial charge in [-0.15, -0.1) is 12.4 Å². The molecule has 30 heavy (non-hydrogen) atoms. The quantitative estimate of drug-likeness (QED) is 0.483. The number of aryl methyl sites for hydroxylation is 1. The molecule has 3 rings (SSSR count). The Morgan fingerprint density at radius 3 is 2.47 bits per heavy atom. The third-order valence-electron chi connectivity index (χ3n) is 4.88. The third-order valence-corrected chi connectivity index (χ3v) is 6.01. The summed E-state index contributed by atoms with van der Waals surface area (Å²) in [5.74, 6) is -0.0840. The van der Waals surface area contributed by atoms with Crippen LogP contribution in [0.2, 0.25) is 0 Å². The average molecular weight is 447 g/mol. The summed E-state index contributed by atoms with van der Waals surface area (Å²) in [5.41, 5.74) is 3.71. The normalized spacial score (nSPS) is 10.8. The van der Waals surface area contributed by atoms with Crippen LogP contribution in [0.15, 0.2) is 42.5 Å². The largest absolute Gasteiger partial charge is 0.350 e. The first-order valence-corrected chi connectivity index (χ1v) is 10.9. The fraction of sp³-hybridized carbons (Fsp3) is 0.391. The molecular weight excluding hydrogens is 416 g/mol. The maximum atomic E-state index is 12.6. The van der Waals surface area contributed by atoms with Gasteiger partial charge in [0.15, 0.2) is 5.13 Å². The lowest BCUT2D eigenvalue weighted by Crippen LogP contribution is -2.28. The highest BCUT2D eigenvalue weighted by molar-refractivity contribution is 7.22. The fourth-order valence-corrected chi connectivity index (χ4v) is 4.00. The minimum Gasteiger partial charge on any atom is -0.350 e. The molecule has 5 nitrogen and oxygen atoms in total. The van der Waals surface area contributed by atoms with Gasteiger partial charge in [-0.1, -0.05) is 36.8 Å². The van der Waals surface area contributed by atoms with Gasteiger partial charge in [-0.3, -0.25) is 4.79 Å². The number of carbonyl (C=O) groups excluding carboxylic acids is 1. The number of fused-ring (bicyclic) bond motifs is 1. The Balaban J connectivity index is 0.00000320. The van der Waals surface area contributed by atoms with Crippen LogP contribution in [0.25, 0.3) is 10.2 Å². The molecule has 0 unspecified atom stereocenters. The standard InChI is InChI=1S/C23H30N4OS.ClH/c1-5-6-7-17-8-10-18(11-9-17)22(28)24-19-12-13-20-21(16-19)29-23(25-20)27(4)15-14-26(2)3;/h8-13,16H,5-7,14-15H2,1-4H3,(H,24,28);1H. The van der Waals surface area contributed by atoms with E-state index in [-0.39, 0.29) is 18.3 Å². The number of thiazole rings is 1. The van der Waals surface area contributed by atoms with Gasteiger partial charge in [0.1, 0.15) is 0 Å². The molecule has 1 heterocycles. The van der Waals surface area contributed by atoms with Crippen molar-refractivity contribution in [3.63, 3.8) is 0 Å². The fourth-order valence-electron chi connectivity index (χ4n) is 3.01. The highest BCUT2D eigenvalue weighted by Gasteiger charge is 2.11. The number of nitrogens with zero attached hydrogens (tertiary/aromatic N) is 3. The van der Waals surface area contributed by atoms with E-state index < -0.39 is 0 Å². The molecule has 0 aliphatic rings. The molecule has 0 bridgehead atoms. The molecule has 0 atom stereocenters. The summed E-state index contributed by atoms with van der Waals surface area (Å²) < 4.78 is 1.07. The molecule has 1 aromatic heterocycles. The van der Waals surface area contributed by atoms with Crippen LogP contribution in [0.3, 0.4) is 0 Å². The lowest BCUT2D eigenvalue weighted by atomic mass is 10.1. The van der Waals surface area contributed by atoms with Crippen molar-refractivity contribution in [2.75, 3.05) is 44.4 Å². The van der Waals surface area contributed by atoms with E-state index in [1.165, 1.54) is 18.4 Å².